The molecule has 0 radical (unpaired) electrons. The third kappa shape index (κ3) is 9.69. The fourth-order valence-corrected chi connectivity index (χ4v) is 10.4. The van der Waals surface area contributed by atoms with Crippen molar-refractivity contribution in [2.24, 2.45) is 17.3 Å². The van der Waals surface area contributed by atoms with Crippen molar-refractivity contribution in [3.63, 3.8) is 0 Å². The summed E-state index contributed by atoms with van der Waals surface area (Å²) < 4.78 is 14.3. The van der Waals surface area contributed by atoms with Crippen LogP contribution in [0.15, 0.2) is 85.7 Å². The number of pyridine rings is 1. The smallest absolute Gasteiger partial charge is 0.324 e. The van der Waals surface area contributed by atoms with Crippen LogP contribution in [-0.4, -0.2) is 106 Å². The van der Waals surface area contributed by atoms with Crippen molar-refractivity contribution in [1.82, 2.24) is 35.1 Å². The lowest BCUT2D eigenvalue weighted by atomic mass is 9.84. The Labute approximate surface area is 390 Å². The molecule has 0 unspecified atom stereocenters. The number of rotatable bonds is 11. The number of hydrazine groups is 1. The zero-order valence-electron chi connectivity index (χ0n) is 40.4. The van der Waals surface area contributed by atoms with Crippen LogP contribution in [0.5, 0.6) is 0 Å². The van der Waals surface area contributed by atoms with E-state index >= 15 is 0 Å². The standard InChI is InChI=1S/C53H69N7O6/c1-12-33(5)59-26-23-39(34(59)6)50(62)57(10)47(32(3)4)49(61)55-44-28-36-17-14-18-37(27-36)38-21-22-45-41(29-38)42(48(58(45)13-2)40-19-15-24-54-46(40)35(7)65-11)30-53(8,9)31-66-52(64)43-20-16-25-60(56-43)51(44)63/h12,14-15,17-19,21-22,24,27,29,32,34-35,39,43-44,47,56H,1,5,13,16,20,23,25-26,28,30-31H2,2-4,6-11H3,(H,55,61)/t34-,35-,39-,43-,44-,47-/m0/s1. The Morgan fingerprint density at radius 2 is 1.83 bits per heavy atom. The summed E-state index contributed by atoms with van der Waals surface area (Å²) in [4.78, 5) is 66.0. The van der Waals surface area contributed by atoms with Gasteiger partial charge in [0.05, 0.1) is 30.0 Å². The Hall–Kier alpha value is -5.79. The first kappa shape index (κ1) is 48.2. The van der Waals surface area contributed by atoms with Crippen LogP contribution in [0.1, 0.15) is 90.7 Å². The second-order valence-electron chi connectivity index (χ2n) is 19.5. The highest BCUT2D eigenvalue weighted by molar-refractivity contribution is 5.96. The molecule has 13 heteroatoms. The lowest BCUT2D eigenvalue weighted by Gasteiger charge is -2.37. The van der Waals surface area contributed by atoms with Crippen molar-refractivity contribution in [3.05, 3.63) is 103 Å². The molecule has 6 atom stereocenters. The minimum absolute atomic E-state index is 0.118. The number of ether oxygens (including phenoxy) is 2. The third-order valence-corrected chi connectivity index (χ3v) is 14.0. The highest BCUT2D eigenvalue weighted by Gasteiger charge is 2.42. The molecule has 7 rings (SSSR count). The number of cyclic esters (lactones) is 1. The number of amides is 3. The highest BCUT2D eigenvalue weighted by Crippen LogP contribution is 2.42. The van der Waals surface area contributed by atoms with Crippen LogP contribution in [0, 0.1) is 17.3 Å². The van der Waals surface area contributed by atoms with Gasteiger partial charge in [0.25, 0.3) is 5.91 Å². The molecule has 5 heterocycles. The lowest BCUT2D eigenvalue weighted by molar-refractivity contribution is -0.155. The van der Waals surface area contributed by atoms with Crippen LogP contribution < -0.4 is 10.7 Å². The van der Waals surface area contributed by atoms with Crippen molar-refractivity contribution in [2.45, 2.75) is 117 Å². The minimum atomic E-state index is -1.02. The van der Waals surface area contributed by atoms with Crippen molar-refractivity contribution in [1.29, 1.82) is 0 Å². The number of nitrogens with zero attached hydrogens (tertiary/aromatic N) is 5. The number of esters is 1. The molecule has 66 heavy (non-hydrogen) atoms. The van der Waals surface area contributed by atoms with E-state index < -0.39 is 35.4 Å². The fourth-order valence-electron chi connectivity index (χ4n) is 10.4. The number of benzene rings is 2. The van der Waals surface area contributed by atoms with E-state index in [0.29, 0.717) is 45.3 Å². The van der Waals surface area contributed by atoms with Crippen LogP contribution in [0.25, 0.3) is 33.3 Å². The Balaban J connectivity index is 1.29. The lowest BCUT2D eigenvalue weighted by Crippen LogP contribution is -2.62. The van der Waals surface area contributed by atoms with E-state index in [4.69, 9.17) is 14.5 Å². The SMILES string of the molecule is C=CC(=C)N1CC[C@H](C(=O)N(C)[C@H](C(=O)N[C@H]2Cc3cccc(c3)-c3ccc4c(c3)c(c(-c3cccnc3[C@H](C)OC)n4CC)CC(C)(C)COC(=O)[C@@H]3CCCN(N3)C2=O)C(C)C)[C@@H]1C. The number of carbonyl (C=O) groups excluding carboxylic acids is 4. The van der Waals surface area contributed by atoms with Crippen molar-refractivity contribution < 1.29 is 28.7 Å². The van der Waals surface area contributed by atoms with Gasteiger partial charge in [-0.25, -0.2) is 5.43 Å². The Morgan fingerprint density at radius 1 is 1.08 bits per heavy atom. The number of hydrogen-bond donors (Lipinski definition) is 2. The number of allylic oxidation sites excluding steroid dienone is 1. The largest absolute Gasteiger partial charge is 0.464 e. The minimum Gasteiger partial charge on any atom is -0.464 e. The number of aromatic nitrogens is 2. The molecule has 3 amide bonds. The highest BCUT2D eigenvalue weighted by atomic mass is 16.5. The molecule has 13 nitrogen and oxygen atoms in total. The predicted octanol–water partition coefficient (Wildman–Crippen LogP) is 7.64. The molecule has 0 saturated carbocycles. The van der Waals surface area contributed by atoms with Gasteiger partial charge in [0.2, 0.25) is 11.8 Å². The molecular weight excluding hydrogens is 831 g/mol. The molecule has 352 valence electrons. The average Bonchev–Trinajstić information content (AvgIpc) is 3.85. The number of likely N-dealkylation sites (N-methyl/N-ethyl adjacent to an activating group) is 1. The predicted molar refractivity (Wildman–Crippen MR) is 259 cm³/mol. The monoisotopic (exact) mass is 900 g/mol. The summed E-state index contributed by atoms with van der Waals surface area (Å²) in [6.07, 6.45) is 5.70. The van der Waals surface area contributed by atoms with Crippen molar-refractivity contribution >= 4 is 34.6 Å². The quantitative estimate of drug-likeness (QED) is 0.115. The molecule has 3 aliphatic rings. The van der Waals surface area contributed by atoms with Crippen LogP contribution in [0.2, 0.25) is 0 Å². The summed E-state index contributed by atoms with van der Waals surface area (Å²) in [5.41, 5.74) is 11.4. The zero-order valence-corrected chi connectivity index (χ0v) is 40.4. The summed E-state index contributed by atoms with van der Waals surface area (Å²) in [5, 5.41) is 5.66. The van der Waals surface area contributed by atoms with E-state index in [1.54, 1.807) is 31.3 Å². The van der Waals surface area contributed by atoms with Gasteiger partial charge < -0.3 is 29.2 Å². The summed E-state index contributed by atoms with van der Waals surface area (Å²) in [6.45, 7) is 24.0. The molecular formula is C53H69N7O6. The topological polar surface area (TPSA) is 138 Å². The maximum Gasteiger partial charge on any atom is 0.324 e. The molecule has 2 aromatic heterocycles. The second-order valence-corrected chi connectivity index (χ2v) is 19.5. The molecule has 2 N–H and O–H groups in total. The maximum absolute atomic E-state index is 14.8. The van der Waals surface area contributed by atoms with Gasteiger partial charge in [-0.1, -0.05) is 71.2 Å². The molecule has 2 saturated heterocycles. The Morgan fingerprint density at radius 3 is 2.55 bits per heavy atom. The Bertz CT molecular complexity index is 2490. The first-order valence-corrected chi connectivity index (χ1v) is 23.6. The van der Waals surface area contributed by atoms with Gasteiger partial charge in [0, 0.05) is 80.0 Å². The third-order valence-electron chi connectivity index (χ3n) is 14.0. The normalized spacial score (nSPS) is 22.1. The number of aryl methyl sites for hydroxylation is 1. The van der Waals surface area contributed by atoms with Crippen molar-refractivity contribution in [3.8, 4) is 22.4 Å². The molecule has 0 spiro atoms. The van der Waals surface area contributed by atoms with Crippen LogP contribution >= 0.6 is 0 Å². The van der Waals surface area contributed by atoms with Gasteiger partial charge in [-0.3, -0.25) is 29.2 Å². The molecule has 6 bridgehead atoms. The number of likely N-dealkylation sites (tertiary alicyclic amines) is 1. The van der Waals surface area contributed by atoms with E-state index in [-0.39, 0.29) is 48.8 Å². The van der Waals surface area contributed by atoms with Crippen LogP contribution in [0.4, 0.5) is 0 Å². The van der Waals surface area contributed by atoms with Gasteiger partial charge in [-0.05, 0) is 105 Å². The second kappa shape index (κ2) is 20.0. The van der Waals surface area contributed by atoms with E-state index in [9.17, 15) is 19.2 Å². The zero-order chi connectivity index (χ0) is 47.6. The van der Waals surface area contributed by atoms with Crippen molar-refractivity contribution in [2.75, 3.05) is 33.9 Å². The van der Waals surface area contributed by atoms with Gasteiger partial charge in [-0.2, -0.15) is 0 Å². The summed E-state index contributed by atoms with van der Waals surface area (Å²) >= 11 is 0. The number of carbonyl (C=O) groups is 4. The first-order chi connectivity index (χ1) is 31.5. The average molecular weight is 900 g/mol. The van der Waals surface area contributed by atoms with Crippen LogP contribution in [-0.2, 0) is 48.0 Å². The summed E-state index contributed by atoms with van der Waals surface area (Å²) in [7, 11) is 3.37. The fraction of sp³-hybridized carbons (Fsp3) is 0.491. The van der Waals surface area contributed by atoms with Gasteiger partial charge in [0.15, 0.2) is 0 Å². The summed E-state index contributed by atoms with van der Waals surface area (Å²) in [6, 6.07) is 16.0. The maximum atomic E-state index is 14.8. The number of hydrogen-bond acceptors (Lipinski definition) is 9. The van der Waals surface area contributed by atoms with E-state index in [1.807, 2.05) is 45.9 Å². The number of nitrogens with one attached hydrogen (secondary N) is 2. The Kier molecular flexibility index (Phi) is 14.6. The molecule has 3 aliphatic heterocycles. The van der Waals surface area contributed by atoms with Gasteiger partial charge >= 0.3 is 5.97 Å². The molecule has 4 aromatic rings. The summed E-state index contributed by atoms with van der Waals surface area (Å²) in [5.74, 6) is -1.96. The van der Waals surface area contributed by atoms with E-state index in [1.165, 1.54) is 5.01 Å². The number of methoxy groups -OCH3 is 1. The molecule has 2 fully saturated rings. The van der Waals surface area contributed by atoms with Crippen LogP contribution in [0.3, 0.4) is 0 Å². The molecule has 2 aromatic carbocycles. The number of fused-ring (bicyclic) bond motifs is 6. The molecule has 0 aliphatic carbocycles. The first-order valence-electron chi connectivity index (χ1n) is 23.6. The van der Waals surface area contributed by atoms with Gasteiger partial charge in [0.1, 0.15) is 18.1 Å². The van der Waals surface area contributed by atoms with E-state index in [0.717, 1.165) is 55.8 Å². The van der Waals surface area contributed by atoms with E-state index in [2.05, 4.69) is 90.5 Å². The van der Waals surface area contributed by atoms with Gasteiger partial charge in [-0.15, -0.1) is 0 Å².